The maximum atomic E-state index is 12.0. The van der Waals surface area contributed by atoms with Crippen LogP contribution in [0.25, 0.3) is 11.3 Å². The minimum atomic E-state index is 0.0911. The van der Waals surface area contributed by atoms with E-state index in [0.29, 0.717) is 6.54 Å². The van der Waals surface area contributed by atoms with Crippen molar-refractivity contribution in [1.29, 1.82) is 0 Å². The summed E-state index contributed by atoms with van der Waals surface area (Å²) in [6.07, 6.45) is 5.26. The number of carbonyl (C=O) groups is 1. The first kappa shape index (κ1) is 15.2. The van der Waals surface area contributed by atoms with E-state index >= 15 is 0 Å². The molecule has 2 rings (SSSR count). The van der Waals surface area contributed by atoms with E-state index < -0.39 is 0 Å². The van der Waals surface area contributed by atoms with Gasteiger partial charge in [0, 0.05) is 30.9 Å². The van der Waals surface area contributed by atoms with Gasteiger partial charge in [-0.15, -0.1) is 0 Å². The molecule has 1 amide bonds. The van der Waals surface area contributed by atoms with E-state index in [0.717, 1.165) is 29.8 Å². The van der Waals surface area contributed by atoms with Gasteiger partial charge in [-0.25, -0.2) is 0 Å². The predicted molar refractivity (Wildman–Crippen MR) is 82.4 cm³/mol. The molecular weight excluding hydrogens is 264 g/mol. The van der Waals surface area contributed by atoms with E-state index in [-0.39, 0.29) is 11.8 Å². The smallest absolute Gasteiger partial charge is 0.223 e. The van der Waals surface area contributed by atoms with Crippen molar-refractivity contribution in [2.24, 2.45) is 13.0 Å². The third-order valence-corrected chi connectivity index (χ3v) is 3.71. The third-order valence-electron chi connectivity index (χ3n) is 3.71. The van der Waals surface area contributed by atoms with Crippen LogP contribution in [0.4, 0.5) is 0 Å². The van der Waals surface area contributed by atoms with Crippen molar-refractivity contribution in [3.8, 4) is 11.3 Å². The summed E-state index contributed by atoms with van der Waals surface area (Å²) < 4.78 is 1.83. The highest BCUT2D eigenvalue weighted by atomic mass is 16.1. The molecule has 1 N–H and O–H groups in total. The predicted octanol–water partition coefficient (Wildman–Crippen LogP) is 2.53. The quantitative estimate of drug-likeness (QED) is 0.887. The average Bonchev–Trinajstić information content (AvgIpc) is 2.88. The lowest BCUT2D eigenvalue weighted by atomic mass is 10.0. The molecule has 2 heterocycles. The fourth-order valence-electron chi connectivity index (χ4n) is 2.39. The van der Waals surface area contributed by atoms with Crippen LogP contribution in [0.1, 0.15) is 32.4 Å². The van der Waals surface area contributed by atoms with E-state index in [1.54, 1.807) is 12.4 Å². The Kier molecular flexibility index (Phi) is 5.09. The van der Waals surface area contributed by atoms with E-state index in [4.69, 9.17) is 0 Å². The molecule has 0 aliphatic heterocycles. The molecule has 0 aliphatic carbocycles. The second-order valence-electron chi connectivity index (χ2n) is 5.11. The van der Waals surface area contributed by atoms with Gasteiger partial charge in [-0.2, -0.15) is 5.10 Å². The van der Waals surface area contributed by atoms with Gasteiger partial charge in [0.1, 0.15) is 0 Å². The molecule has 2 aromatic rings. The fourth-order valence-corrected chi connectivity index (χ4v) is 2.39. The highest BCUT2D eigenvalue weighted by Crippen LogP contribution is 2.18. The SMILES string of the molecule is CCC(CC)C(=O)NCc1cc(-c2ccncc2)n(C)n1. The highest BCUT2D eigenvalue weighted by molar-refractivity contribution is 5.78. The van der Waals surface area contributed by atoms with Gasteiger partial charge >= 0.3 is 0 Å². The second-order valence-corrected chi connectivity index (χ2v) is 5.11. The first-order valence-electron chi connectivity index (χ1n) is 7.36. The molecular formula is C16H22N4O. The summed E-state index contributed by atoms with van der Waals surface area (Å²) in [6.45, 7) is 4.54. The van der Waals surface area contributed by atoms with Crippen molar-refractivity contribution in [3.05, 3.63) is 36.3 Å². The van der Waals surface area contributed by atoms with Crippen LogP contribution in [0.2, 0.25) is 0 Å². The molecule has 21 heavy (non-hydrogen) atoms. The van der Waals surface area contributed by atoms with Gasteiger partial charge in [0.25, 0.3) is 0 Å². The first-order chi connectivity index (χ1) is 10.2. The van der Waals surface area contributed by atoms with Crippen molar-refractivity contribution >= 4 is 5.91 Å². The molecule has 0 fully saturated rings. The number of carbonyl (C=O) groups excluding carboxylic acids is 1. The summed E-state index contributed by atoms with van der Waals surface area (Å²) in [5.41, 5.74) is 2.95. The Bertz CT molecular complexity index is 588. The Labute approximate surface area is 125 Å². The Hall–Kier alpha value is -2.17. The lowest BCUT2D eigenvalue weighted by molar-refractivity contribution is -0.125. The van der Waals surface area contributed by atoms with Crippen LogP contribution in [0.15, 0.2) is 30.6 Å². The van der Waals surface area contributed by atoms with Crippen molar-refractivity contribution in [2.75, 3.05) is 0 Å². The summed E-state index contributed by atoms with van der Waals surface area (Å²) in [5, 5.41) is 7.42. The molecule has 0 aromatic carbocycles. The molecule has 0 saturated carbocycles. The zero-order chi connectivity index (χ0) is 15.2. The van der Waals surface area contributed by atoms with Crippen molar-refractivity contribution in [3.63, 3.8) is 0 Å². The number of aryl methyl sites for hydroxylation is 1. The number of aromatic nitrogens is 3. The maximum absolute atomic E-state index is 12.0. The Morgan fingerprint density at radius 3 is 2.57 bits per heavy atom. The summed E-state index contributed by atoms with van der Waals surface area (Å²) in [5.74, 6) is 0.199. The first-order valence-corrected chi connectivity index (χ1v) is 7.36. The van der Waals surface area contributed by atoms with Gasteiger partial charge in [-0.3, -0.25) is 14.5 Å². The minimum Gasteiger partial charge on any atom is -0.350 e. The molecule has 0 bridgehead atoms. The number of nitrogens with zero attached hydrogens (tertiary/aromatic N) is 3. The van der Waals surface area contributed by atoms with E-state index in [9.17, 15) is 4.79 Å². The lowest BCUT2D eigenvalue weighted by Gasteiger charge is -2.11. The van der Waals surface area contributed by atoms with E-state index in [1.807, 2.05) is 43.8 Å². The summed E-state index contributed by atoms with van der Waals surface area (Å²) in [7, 11) is 1.90. The molecule has 0 saturated heterocycles. The van der Waals surface area contributed by atoms with Gasteiger partial charge in [0.05, 0.1) is 17.9 Å². The number of hydrogen-bond donors (Lipinski definition) is 1. The third kappa shape index (κ3) is 3.68. The largest absolute Gasteiger partial charge is 0.350 e. The number of rotatable bonds is 6. The molecule has 2 aromatic heterocycles. The molecule has 112 valence electrons. The molecule has 0 radical (unpaired) electrons. The molecule has 5 nitrogen and oxygen atoms in total. The molecule has 0 aliphatic rings. The standard InChI is InChI=1S/C16H22N4O/c1-4-12(5-2)16(21)18-11-14-10-15(20(3)19-14)13-6-8-17-9-7-13/h6-10,12H,4-5,11H2,1-3H3,(H,18,21). The summed E-state index contributed by atoms with van der Waals surface area (Å²) >= 11 is 0. The lowest BCUT2D eigenvalue weighted by Crippen LogP contribution is -2.29. The summed E-state index contributed by atoms with van der Waals surface area (Å²) in [4.78, 5) is 16.0. The maximum Gasteiger partial charge on any atom is 0.223 e. The van der Waals surface area contributed by atoms with Crippen LogP contribution in [0, 0.1) is 5.92 Å². The van der Waals surface area contributed by atoms with Crippen LogP contribution in [0.3, 0.4) is 0 Å². The van der Waals surface area contributed by atoms with Gasteiger partial charge in [-0.05, 0) is 31.0 Å². The van der Waals surface area contributed by atoms with Crippen LogP contribution >= 0.6 is 0 Å². The topological polar surface area (TPSA) is 59.8 Å². The van der Waals surface area contributed by atoms with Crippen molar-refractivity contribution in [1.82, 2.24) is 20.1 Å². The molecule has 5 heteroatoms. The van der Waals surface area contributed by atoms with Crippen LogP contribution in [-0.4, -0.2) is 20.7 Å². The number of nitrogens with one attached hydrogen (secondary N) is 1. The van der Waals surface area contributed by atoms with Crippen LogP contribution in [0.5, 0.6) is 0 Å². The Balaban J connectivity index is 2.05. The van der Waals surface area contributed by atoms with E-state index in [2.05, 4.69) is 15.4 Å². The molecule has 0 spiro atoms. The number of hydrogen-bond acceptors (Lipinski definition) is 3. The monoisotopic (exact) mass is 286 g/mol. The van der Waals surface area contributed by atoms with Crippen molar-refractivity contribution < 1.29 is 4.79 Å². The highest BCUT2D eigenvalue weighted by Gasteiger charge is 2.14. The van der Waals surface area contributed by atoms with Crippen LogP contribution in [-0.2, 0) is 18.4 Å². The zero-order valence-corrected chi connectivity index (χ0v) is 12.8. The Morgan fingerprint density at radius 2 is 1.95 bits per heavy atom. The number of pyridine rings is 1. The zero-order valence-electron chi connectivity index (χ0n) is 12.8. The van der Waals surface area contributed by atoms with Gasteiger partial charge in [0.2, 0.25) is 5.91 Å². The van der Waals surface area contributed by atoms with Crippen molar-refractivity contribution in [2.45, 2.75) is 33.2 Å². The number of amides is 1. The fraction of sp³-hybridized carbons (Fsp3) is 0.438. The van der Waals surface area contributed by atoms with Gasteiger partial charge in [0.15, 0.2) is 0 Å². The minimum absolute atomic E-state index is 0.0911. The molecule has 0 atom stereocenters. The normalized spacial score (nSPS) is 10.9. The second kappa shape index (κ2) is 7.02. The Morgan fingerprint density at radius 1 is 1.29 bits per heavy atom. The average molecular weight is 286 g/mol. The summed E-state index contributed by atoms with van der Waals surface area (Å²) in [6, 6.07) is 5.90. The van der Waals surface area contributed by atoms with Gasteiger partial charge < -0.3 is 5.32 Å². The van der Waals surface area contributed by atoms with Gasteiger partial charge in [-0.1, -0.05) is 13.8 Å². The van der Waals surface area contributed by atoms with Crippen LogP contribution < -0.4 is 5.32 Å². The van der Waals surface area contributed by atoms with E-state index in [1.165, 1.54) is 0 Å². The molecule has 0 unspecified atom stereocenters.